The molecular formula is C24H26ClN5O3. The zero-order valence-electron chi connectivity index (χ0n) is 18.8. The highest BCUT2D eigenvalue weighted by Gasteiger charge is 2.46. The lowest BCUT2D eigenvalue weighted by atomic mass is 10.0. The molecule has 0 radical (unpaired) electrons. The standard InChI is InChI=1S/C24H26ClN5O3/c1-4-30-22(31)17-8-12(2)7-16(20(17)28-24(30)29-10-14-9-15(14)11-29)13(3)26-18-5-6-19(25)27-21(18)23(32)33/h5-8,13-15,26H,4,9-11H2,1-3H3,(H,32,33)/t13-,14?,15?/m0/s1. The van der Waals surface area contributed by atoms with Crippen molar-refractivity contribution in [1.82, 2.24) is 14.5 Å². The van der Waals surface area contributed by atoms with E-state index < -0.39 is 5.97 Å². The molecule has 0 bridgehead atoms. The van der Waals surface area contributed by atoms with E-state index in [1.54, 1.807) is 16.7 Å². The molecule has 1 aromatic carbocycles. The number of fused-ring (bicyclic) bond motifs is 2. The molecule has 3 heterocycles. The van der Waals surface area contributed by atoms with Gasteiger partial charge in [0.05, 0.1) is 22.6 Å². The van der Waals surface area contributed by atoms with Gasteiger partial charge in [-0.1, -0.05) is 17.7 Å². The average molecular weight is 468 g/mol. The summed E-state index contributed by atoms with van der Waals surface area (Å²) in [5.41, 5.74) is 2.58. The van der Waals surface area contributed by atoms with Crippen LogP contribution < -0.4 is 15.8 Å². The predicted octanol–water partition coefficient (Wildman–Crippen LogP) is 4.10. The number of halogens is 1. The Bertz CT molecular complexity index is 1330. The molecule has 2 N–H and O–H groups in total. The summed E-state index contributed by atoms with van der Waals surface area (Å²) >= 11 is 5.90. The van der Waals surface area contributed by atoms with E-state index in [1.807, 2.05) is 32.9 Å². The normalized spacial score (nSPS) is 20.1. The van der Waals surface area contributed by atoms with Gasteiger partial charge >= 0.3 is 5.97 Å². The fourth-order valence-corrected chi connectivity index (χ4v) is 5.08. The number of nitrogens with one attached hydrogen (secondary N) is 1. The number of carboxylic acid groups (broad SMARTS) is 1. The van der Waals surface area contributed by atoms with E-state index in [9.17, 15) is 14.7 Å². The van der Waals surface area contributed by atoms with Crippen LogP contribution in [0.1, 0.15) is 47.9 Å². The van der Waals surface area contributed by atoms with Crippen molar-refractivity contribution >= 4 is 40.1 Å². The third-order valence-corrected chi connectivity index (χ3v) is 6.90. The number of anilines is 2. The number of carboxylic acids is 1. The smallest absolute Gasteiger partial charge is 0.356 e. The first-order valence-corrected chi connectivity index (χ1v) is 11.6. The lowest BCUT2D eigenvalue weighted by Crippen LogP contribution is -2.32. The molecule has 5 rings (SSSR count). The second kappa shape index (κ2) is 8.02. The minimum absolute atomic E-state index is 0.0467. The number of benzene rings is 1. The number of rotatable bonds is 6. The first-order chi connectivity index (χ1) is 15.8. The zero-order valence-corrected chi connectivity index (χ0v) is 19.6. The molecule has 3 atom stereocenters. The Labute approximate surface area is 196 Å². The molecule has 0 spiro atoms. The number of carbonyl (C=O) groups is 1. The Morgan fingerprint density at radius 2 is 2.00 bits per heavy atom. The summed E-state index contributed by atoms with van der Waals surface area (Å²) < 4.78 is 1.76. The van der Waals surface area contributed by atoms with Gasteiger partial charge in [0.25, 0.3) is 5.56 Å². The van der Waals surface area contributed by atoms with Crippen LogP contribution in [0.5, 0.6) is 0 Å². The largest absolute Gasteiger partial charge is 0.476 e. The van der Waals surface area contributed by atoms with Crippen LogP contribution in [0.4, 0.5) is 11.6 Å². The van der Waals surface area contributed by atoms with Crippen LogP contribution in [0.3, 0.4) is 0 Å². The lowest BCUT2D eigenvalue weighted by molar-refractivity contribution is 0.0691. The SMILES string of the molecule is CCn1c(N2CC3CC3C2)nc2c([C@H](C)Nc3ccc(Cl)nc3C(=O)O)cc(C)cc2c1=O. The Morgan fingerprint density at radius 3 is 2.67 bits per heavy atom. The number of pyridine rings is 1. The van der Waals surface area contributed by atoms with Gasteiger partial charge in [-0.3, -0.25) is 9.36 Å². The molecule has 8 nitrogen and oxygen atoms in total. The minimum atomic E-state index is -1.17. The molecule has 2 aromatic heterocycles. The summed E-state index contributed by atoms with van der Waals surface area (Å²) in [5.74, 6) is 0.986. The molecule has 3 aromatic rings. The number of aryl methyl sites for hydroxylation is 1. The molecule has 2 aliphatic rings. The van der Waals surface area contributed by atoms with E-state index in [0.29, 0.717) is 35.0 Å². The van der Waals surface area contributed by atoms with Crippen molar-refractivity contribution in [2.75, 3.05) is 23.3 Å². The first-order valence-electron chi connectivity index (χ1n) is 11.2. The Morgan fingerprint density at radius 1 is 1.27 bits per heavy atom. The van der Waals surface area contributed by atoms with E-state index in [-0.39, 0.29) is 22.4 Å². The zero-order chi connectivity index (χ0) is 23.4. The van der Waals surface area contributed by atoms with E-state index in [2.05, 4.69) is 15.2 Å². The lowest BCUT2D eigenvalue weighted by Gasteiger charge is -2.25. The maximum absolute atomic E-state index is 13.5. The topological polar surface area (TPSA) is 100 Å². The molecule has 172 valence electrons. The Hall–Kier alpha value is -3.13. The van der Waals surface area contributed by atoms with Crippen LogP contribution in [-0.2, 0) is 6.54 Å². The highest BCUT2D eigenvalue weighted by atomic mass is 35.5. The van der Waals surface area contributed by atoms with Crippen LogP contribution in [-0.4, -0.2) is 38.7 Å². The van der Waals surface area contributed by atoms with Gasteiger partial charge in [-0.05, 0) is 62.8 Å². The van der Waals surface area contributed by atoms with Gasteiger partial charge < -0.3 is 15.3 Å². The maximum Gasteiger partial charge on any atom is 0.356 e. The first kappa shape index (κ1) is 21.7. The van der Waals surface area contributed by atoms with Crippen molar-refractivity contribution in [2.24, 2.45) is 11.8 Å². The molecule has 1 aliphatic heterocycles. The number of hydrogen-bond acceptors (Lipinski definition) is 6. The summed E-state index contributed by atoms with van der Waals surface area (Å²) in [7, 11) is 0. The van der Waals surface area contributed by atoms with Gasteiger partial charge in [0.2, 0.25) is 5.95 Å². The third kappa shape index (κ3) is 3.82. The van der Waals surface area contributed by atoms with Crippen LogP contribution in [0, 0.1) is 18.8 Å². The van der Waals surface area contributed by atoms with Crippen LogP contribution in [0.15, 0.2) is 29.1 Å². The van der Waals surface area contributed by atoms with Crippen molar-refractivity contribution in [2.45, 2.75) is 39.8 Å². The predicted molar refractivity (Wildman–Crippen MR) is 128 cm³/mol. The maximum atomic E-state index is 13.5. The fourth-order valence-electron chi connectivity index (χ4n) is 4.94. The summed E-state index contributed by atoms with van der Waals surface area (Å²) in [6, 6.07) is 6.71. The fraction of sp³-hybridized carbons (Fsp3) is 0.417. The number of piperidine rings is 1. The van der Waals surface area contributed by atoms with Gasteiger partial charge in [0.15, 0.2) is 5.69 Å². The molecule has 2 fully saturated rings. The van der Waals surface area contributed by atoms with Crippen LogP contribution in [0.25, 0.3) is 10.9 Å². The van der Waals surface area contributed by atoms with Gasteiger partial charge in [0, 0.05) is 25.2 Å². The molecular weight excluding hydrogens is 442 g/mol. The highest BCUT2D eigenvalue weighted by molar-refractivity contribution is 6.29. The van der Waals surface area contributed by atoms with Gasteiger partial charge in [-0.2, -0.15) is 0 Å². The van der Waals surface area contributed by atoms with Gasteiger partial charge in [-0.15, -0.1) is 0 Å². The molecule has 33 heavy (non-hydrogen) atoms. The number of aromatic nitrogens is 3. The molecule has 9 heteroatoms. The summed E-state index contributed by atoms with van der Waals surface area (Å²) in [6.45, 7) is 8.27. The van der Waals surface area contributed by atoms with E-state index in [0.717, 1.165) is 30.2 Å². The van der Waals surface area contributed by atoms with Crippen molar-refractivity contribution < 1.29 is 9.90 Å². The van der Waals surface area contributed by atoms with Crippen LogP contribution in [0.2, 0.25) is 5.15 Å². The van der Waals surface area contributed by atoms with Crippen molar-refractivity contribution in [3.63, 3.8) is 0 Å². The van der Waals surface area contributed by atoms with Gasteiger partial charge in [0.1, 0.15) is 5.15 Å². The molecule has 1 aliphatic carbocycles. The number of nitrogens with zero attached hydrogens (tertiary/aromatic N) is 4. The second-order valence-corrected chi connectivity index (χ2v) is 9.46. The quantitative estimate of drug-likeness (QED) is 0.526. The Balaban J connectivity index is 1.61. The van der Waals surface area contributed by atoms with E-state index in [4.69, 9.17) is 16.6 Å². The minimum Gasteiger partial charge on any atom is -0.476 e. The molecule has 2 unspecified atom stereocenters. The number of hydrogen-bond donors (Lipinski definition) is 2. The monoisotopic (exact) mass is 467 g/mol. The van der Waals surface area contributed by atoms with Crippen molar-refractivity contribution in [1.29, 1.82) is 0 Å². The molecule has 0 amide bonds. The highest BCUT2D eigenvalue weighted by Crippen LogP contribution is 2.46. The van der Waals surface area contributed by atoms with E-state index >= 15 is 0 Å². The average Bonchev–Trinajstić information content (AvgIpc) is 3.39. The summed E-state index contributed by atoms with van der Waals surface area (Å²) in [4.78, 5) is 36.3. The Kier molecular flexibility index (Phi) is 5.28. The molecule has 1 saturated heterocycles. The van der Waals surface area contributed by atoms with Crippen molar-refractivity contribution in [3.8, 4) is 0 Å². The molecule has 1 saturated carbocycles. The summed E-state index contributed by atoms with van der Waals surface area (Å²) in [5, 5.41) is 13.5. The second-order valence-electron chi connectivity index (χ2n) is 9.07. The third-order valence-electron chi connectivity index (χ3n) is 6.69. The van der Waals surface area contributed by atoms with Crippen molar-refractivity contribution in [3.05, 3.63) is 56.6 Å². The van der Waals surface area contributed by atoms with E-state index in [1.165, 1.54) is 6.42 Å². The summed E-state index contributed by atoms with van der Waals surface area (Å²) in [6.07, 6.45) is 1.27. The van der Waals surface area contributed by atoms with Crippen LogP contribution >= 0.6 is 11.6 Å². The number of aromatic carboxylic acids is 1. The van der Waals surface area contributed by atoms with Gasteiger partial charge in [-0.25, -0.2) is 14.8 Å².